The average molecular weight is 318 g/mol. The Morgan fingerprint density at radius 2 is 1.96 bits per heavy atom. The zero-order valence-electron chi connectivity index (χ0n) is 14.0. The van der Waals surface area contributed by atoms with E-state index in [0.29, 0.717) is 24.9 Å². The monoisotopic (exact) mass is 318 g/mol. The second kappa shape index (κ2) is 8.11. The van der Waals surface area contributed by atoms with E-state index in [2.05, 4.69) is 0 Å². The molecule has 0 radical (unpaired) electrons. The van der Waals surface area contributed by atoms with Gasteiger partial charge in [-0.3, -0.25) is 9.59 Å². The van der Waals surface area contributed by atoms with Gasteiger partial charge in [0.05, 0.1) is 0 Å². The first-order chi connectivity index (χ1) is 11.0. The Kier molecular flexibility index (Phi) is 6.16. The second-order valence-corrected chi connectivity index (χ2v) is 6.43. The minimum atomic E-state index is -0.0176. The fourth-order valence-electron chi connectivity index (χ4n) is 2.92. The first-order valence-electron chi connectivity index (χ1n) is 8.20. The van der Waals surface area contributed by atoms with Gasteiger partial charge in [-0.25, -0.2) is 0 Å². The largest absolute Gasteiger partial charge is 0.396 e. The topological polar surface area (TPSA) is 60.9 Å². The van der Waals surface area contributed by atoms with E-state index in [1.165, 1.54) is 0 Å². The normalized spacial score (nSPS) is 17.9. The minimum Gasteiger partial charge on any atom is -0.396 e. The predicted octanol–water partition coefficient (Wildman–Crippen LogP) is 1.55. The smallest absolute Gasteiger partial charge is 0.253 e. The lowest BCUT2D eigenvalue weighted by molar-refractivity contribution is -0.133. The van der Waals surface area contributed by atoms with Crippen molar-refractivity contribution < 1.29 is 14.7 Å². The lowest BCUT2D eigenvalue weighted by Gasteiger charge is -2.32. The molecule has 1 N–H and O–H groups in total. The van der Waals surface area contributed by atoms with Crippen LogP contribution in [-0.4, -0.2) is 60.5 Å². The van der Waals surface area contributed by atoms with E-state index < -0.39 is 0 Å². The van der Waals surface area contributed by atoms with Gasteiger partial charge in [0.15, 0.2) is 0 Å². The molecule has 1 aliphatic heterocycles. The van der Waals surface area contributed by atoms with Crippen molar-refractivity contribution in [2.45, 2.75) is 25.7 Å². The number of piperidine rings is 1. The highest BCUT2D eigenvalue weighted by atomic mass is 16.3. The Bertz CT molecular complexity index is 540. The van der Waals surface area contributed by atoms with Crippen LogP contribution < -0.4 is 0 Å². The van der Waals surface area contributed by atoms with E-state index in [-0.39, 0.29) is 24.3 Å². The zero-order valence-corrected chi connectivity index (χ0v) is 14.0. The van der Waals surface area contributed by atoms with Crippen molar-refractivity contribution in [2.24, 2.45) is 5.92 Å². The summed E-state index contributed by atoms with van der Waals surface area (Å²) in [6, 6.07) is 7.45. The highest BCUT2D eigenvalue weighted by molar-refractivity contribution is 5.93. The van der Waals surface area contributed by atoms with Crippen molar-refractivity contribution in [2.75, 3.05) is 33.8 Å². The molecule has 126 valence electrons. The summed E-state index contributed by atoms with van der Waals surface area (Å²) in [7, 11) is 3.46. The summed E-state index contributed by atoms with van der Waals surface area (Å²) in [6.45, 7) is 1.63. The summed E-state index contributed by atoms with van der Waals surface area (Å²) in [5.74, 6) is 0.358. The highest BCUT2D eigenvalue weighted by Crippen LogP contribution is 2.17. The number of nitrogens with zero attached hydrogens (tertiary/aromatic N) is 2. The van der Waals surface area contributed by atoms with Crippen LogP contribution in [0.15, 0.2) is 24.3 Å². The molecule has 0 bridgehead atoms. The summed E-state index contributed by atoms with van der Waals surface area (Å²) < 4.78 is 0. The number of hydrogen-bond acceptors (Lipinski definition) is 3. The Balaban J connectivity index is 1.85. The average Bonchev–Trinajstić information content (AvgIpc) is 2.59. The lowest BCUT2D eigenvalue weighted by atomic mass is 9.98. The number of aliphatic hydroxyl groups is 1. The van der Waals surface area contributed by atoms with Gasteiger partial charge in [-0.2, -0.15) is 0 Å². The quantitative estimate of drug-likeness (QED) is 0.896. The molecule has 1 atom stereocenters. The maximum atomic E-state index is 12.3. The van der Waals surface area contributed by atoms with Crippen LogP contribution in [0.2, 0.25) is 0 Å². The fourth-order valence-corrected chi connectivity index (χ4v) is 2.92. The molecule has 0 saturated carbocycles. The van der Waals surface area contributed by atoms with Gasteiger partial charge in [-0.1, -0.05) is 12.1 Å². The molecule has 23 heavy (non-hydrogen) atoms. The van der Waals surface area contributed by atoms with E-state index in [1.54, 1.807) is 19.0 Å². The van der Waals surface area contributed by atoms with Crippen molar-refractivity contribution in [3.63, 3.8) is 0 Å². The summed E-state index contributed by atoms with van der Waals surface area (Å²) in [5.41, 5.74) is 1.72. The van der Waals surface area contributed by atoms with Gasteiger partial charge in [0.25, 0.3) is 5.91 Å². The number of aliphatic hydroxyl groups excluding tert-OH is 1. The predicted molar refractivity (Wildman–Crippen MR) is 89.2 cm³/mol. The molecule has 1 aliphatic rings. The summed E-state index contributed by atoms with van der Waals surface area (Å²) >= 11 is 0. The van der Waals surface area contributed by atoms with Crippen molar-refractivity contribution in [3.05, 3.63) is 35.4 Å². The standard InChI is InChI=1S/C18H26N2O3/c1-19(2)18(23)16-8-5-14(6-9-16)7-10-17(22)20-11-3-4-15(12-20)13-21/h5-6,8-9,15,21H,3-4,7,10-13H2,1-2H3. The number of carbonyl (C=O) groups is 2. The van der Waals surface area contributed by atoms with Crippen LogP contribution in [0.1, 0.15) is 35.2 Å². The van der Waals surface area contributed by atoms with Crippen LogP contribution in [-0.2, 0) is 11.2 Å². The maximum absolute atomic E-state index is 12.3. The summed E-state index contributed by atoms with van der Waals surface area (Å²) in [5, 5.41) is 9.24. The highest BCUT2D eigenvalue weighted by Gasteiger charge is 2.22. The van der Waals surface area contributed by atoms with Crippen LogP contribution in [0.5, 0.6) is 0 Å². The lowest BCUT2D eigenvalue weighted by Crippen LogP contribution is -2.41. The van der Waals surface area contributed by atoms with Gasteiger partial charge in [0.2, 0.25) is 5.91 Å². The van der Waals surface area contributed by atoms with Crippen LogP contribution in [0.25, 0.3) is 0 Å². The molecule has 2 rings (SSSR count). The van der Waals surface area contributed by atoms with Gasteiger partial charge in [-0.05, 0) is 42.9 Å². The first kappa shape index (κ1) is 17.5. The van der Waals surface area contributed by atoms with Gasteiger partial charge >= 0.3 is 0 Å². The molecule has 1 fully saturated rings. The molecular formula is C18H26N2O3. The molecule has 1 heterocycles. The van der Waals surface area contributed by atoms with Gasteiger partial charge in [0, 0.05) is 45.8 Å². The Labute approximate surface area is 137 Å². The van der Waals surface area contributed by atoms with E-state index >= 15 is 0 Å². The molecule has 5 heteroatoms. The Morgan fingerprint density at radius 3 is 2.57 bits per heavy atom. The number of likely N-dealkylation sites (tertiary alicyclic amines) is 1. The number of carbonyl (C=O) groups excluding carboxylic acids is 2. The number of hydrogen-bond donors (Lipinski definition) is 1. The summed E-state index contributed by atoms with van der Waals surface area (Å²) in [4.78, 5) is 27.5. The zero-order chi connectivity index (χ0) is 16.8. The van der Waals surface area contributed by atoms with Crippen molar-refractivity contribution in [1.29, 1.82) is 0 Å². The molecule has 1 unspecified atom stereocenters. The van der Waals surface area contributed by atoms with Crippen LogP contribution in [0.4, 0.5) is 0 Å². The van der Waals surface area contributed by atoms with Gasteiger partial charge < -0.3 is 14.9 Å². The summed E-state index contributed by atoms with van der Waals surface area (Å²) in [6.07, 6.45) is 3.12. The molecule has 0 aliphatic carbocycles. The molecule has 1 aromatic rings. The van der Waals surface area contributed by atoms with Gasteiger partial charge in [-0.15, -0.1) is 0 Å². The molecule has 0 spiro atoms. The van der Waals surface area contributed by atoms with E-state index in [9.17, 15) is 14.7 Å². The maximum Gasteiger partial charge on any atom is 0.253 e. The Morgan fingerprint density at radius 1 is 1.26 bits per heavy atom. The molecule has 0 aromatic heterocycles. The van der Waals surface area contributed by atoms with Crippen molar-refractivity contribution >= 4 is 11.8 Å². The number of rotatable bonds is 5. The third-order valence-corrected chi connectivity index (χ3v) is 4.36. The number of aryl methyl sites for hydroxylation is 1. The number of amides is 2. The molecule has 2 amide bonds. The third-order valence-electron chi connectivity index (χ3n) is 4.36. The SMILES string of the molecule is CN(C)C(=O)c1ccc(CCC(=O)N2CCCC(CO)C2)cc1. The van der Waals surface area contributed by atoms with E-state index in [0.717, 1.165) is 24.9 Å². The molecule has 1 aromatic carbocycles. The molecular weight excluding hydrogens is 292 g/mol. The van der Waals surface area contributed by atoms with Crippen LogP contribution in [0.3, 0.4) is 0 Å². The third kappa shape index (κ3) is 4.79. The second-order valence-electron chi connectivity index (χ2n) is 6.43. The Hall–Kier alpha value is -1.88. The minimum absolute atomic E-state index is 0.0176. The number of benzene rings is 1. The molecule has 1 saturated heterocycles. The van der Waals surface area contributed by atoms with Crippen LogP contribution in [0, 0.1) is 5.92 Å². The fraction of sp³-hybridized carbons (Fsp3) is 0.556. The van der Waals surface area contributed by atoms with Crippen molar-refractivity contribution in [3.8, 4) is 0 Å². The molecule has 5 nitrogen and oxygen atoms in total. The van der Waals surface area contributed by atoms with Gasteiger partial charge in [0.1, 0.15) is 0 Å². The first-order valence-corrected chi connectivity index (χ1v) is 8.20. The van der Waals surface area contributed by atoms with Crippen molar-refractivity contribution in [1.82, 2.24) is 9.80 Å². The van der Waals surface area contributed by atoms with Crippen LogP contribution >= 0.6 is 0 Å². The van der Waals surface area contributed by atoms with E-state index in [1.807, 2.05) is 29.2 Å². The van der Waals surface area contributed by atoms with E-state index in [4.69, 9.17) is 0 Å².